The van der Waals surface area contributed by atoms with Gasteiger partial charge in [0.1, 0.15) is 6.10 Å². The van der Waals surface area contributed by atoms with Gasteiger partial charge >= 0.3 is 5.97 Å². The number of esters is 1. The monoisotopic (exact) mass is 244 g/mol. The summed E-state index contributed by atoms with van der Waals surface area (Å²) in [7, 11) is 0. The SMILES string of the molecule is C=C(C[C@@H](O)[C@H]1COC(C)(C)O1)C(=O)OCC. The van der Waals surface area contributed by atoms with Crippen LogP contribution in [0.4, 0.5) is 0 Å². The van der Waals surface area contributed by atoms with Gasteiger partial charge in [-0.05, 0) is 20.8 Å². The fraction of sp³-hybridized carbons (Fsp3) is 0.750. The summed E-state index contributed by atoms with van der Waals surface area (Å²) in [6.07, 6.45) is -1.12. The lowest BCUT2D eigenvalue weighted by molar-refractivity contribution is -0.151. The normalized spacial score (nSPS) is 24.4. The van der Waals surface area contributed by atoms with Gasteiger partial charge < -0.3 is 19.3 Å². The lowest BCUT2D eigenvalue weighted by Gasteiger charge is -2.20. The Hall–Kier alpha value is -0.910. The molecule has 5 heteroatoms. The van der Waals surface area contributed by atoms with Crippen molar-refractivity contribution in [3.63, 3.8) is 0 Å². The molecule has 1 rings (SSSR count). The van der Waals surface area contributed by atoms with Crippen LogP contribution in [0.2, 0.25) is 0 Å². The standard InChI is InChI=1S/C12H20O5/c1-5-15-11(14)8(2)6-9(13)10-7-16-12(3,4)17-10/h9-10,13H,2,5-7H2,1,3-4H3/t9-,10-/m1/s1. The average Bonchev–Trinajstić information content (AvgIpc) is 2.59. The van der Waals surface area contributed by atoms with Crippen LogP contribution in [-0.4, -0.2) is 42.3 Å². The van der Waals surface area contributed by atoms with Crippen molar-refractivity contribution in [2.24, 2.45) is 0 Å². The van der Waals surface area contributed by atoms with Gasteiger partial charge in [0.15, 0.2) is 5.79 Å². The Balaban J connectivity index is 2.42. The van der Waals surface area contributed by atoms with E-state index in [4.69, 9.17) is 14.2 Å². The Kier molecular flexibility index (Phi) is 4.68. The Morgan fingerprint density at radius 3 is 2.76 bits per heavy atom. The highest BCUT2D eigenvalue weighted by atomic mass is 16.7. The number of hydrogen-bond donors (Lipinski definition) is 1. The molecule has 1 N–H and O–H groups in total. The lowest BCUT2D eigenvalue weighted by Crippen LogP contribution is -2.31. The predicted molar refractivity (Wildman–Crippen MR) is 61.3 cm³/mol. The topological polar surface area (TPSA) is 65.0 Å². The van der Waals surface area contributed by atoms with E-state index in [1.165, 1.54) is 0 Å². The van der Waals surface area contributed by atoms with E-state index >= 15 is 0 Å². The summed E-state index contributed by atoms with van der Waals surface area (Å²) in [5.41, 5.74) is 0.243. The van der Waals surface area contributed by atoms with Crippen LogP contribution >= 0.6 is 0 Å². The number of aliphatic hydroxyl groups is 1. The first kappa shape index (κ1) is 14.2. The number of carbonyl (C=O) groups excluding carboxylic acids is 1. The average molecular weight is 244 g/mol. The predicted octanol–water partition coefficient (Wildman–Crippen LogP) is 1.01. The summed E-state index contributed by atoms with van der Waals surface area (Å²) in [5, 5.41) is 9.90. The minimum Gasteiger partial charge on any atom is -0.463 e. The Labute approximate surface area is 101 Å². The van der Waals surface area contributed by atoms with E-state index in [1.807, 2.05) is 0 Å². The second-order valence-corrected chi connectivity index (χ2v) is 4.46. The van der Waals surface area contributed by atoms with E-state index in [-0.39, 0.29) is 12.0 Å². The number of hydrogen-bond acceptors (Lipinski definition) is 5. The molecule has 1 fully saturated rings. The van der Waals surface area contributed by atoms with Gasteiger partial charge in [-0.25, -0.2) is 4.79 Å². The third-order valence-corrected chi connectivity index (χ3v) is 2.48. The zero-order chi connectivity index (χ0) is 13.1. The molecular weight excluding hydrogens is 224 g/mol. The lowest BCUT2D eigenvalue weighted by atomic mass is 10.1. The van der Waals surface area contributed by atoms with Crippen molar-refractivity contribution in [3.05, 3.63) is 12.2 Å². The van der Waals surface area contributed by atoms with Gasteiger partial charge in [-0.15, -0.1) is 0 Å². The van der Waals surface area contributed by atoms with Crippen molar-refractivity contribution in [2.45, 2.75) is 45.2 Å². The van der Waals surface area contributed by atoms with Crippen molar-refractivity contribution >= 4 is 5.97 Å². The molecule has 17 heavy (non-hydrogen) atoms. The molecule has 0 aromatic rings. The maximum Gasteiger partial charge on any atom is 0.333 e. The second kappa shape index (κ2) is 5.62. The summed E-state index contributed by atoms with van der Waals surface area (Å²) in [4.78, 5) is 11.3. The van der Waals surface area contributed by atoms with Crippen LogP contribution in [0.25, 0.3) is 0 Å². The Morgan fingerprint density at radius 1 is 1.65 bits per heavy atom. The number of rotatable bonds is 5. The minimum atomic E-state index is -0.811. The molecule has 1 saturated heterocycles. The van der Waals surface area contributed by atoms with Gasteiger partial charge in [-0.3, -0.25) is 0 Å². The van der Waals surface area contributed by atoms with Crippen LogP contribution in [-0.2, 0) is 19.0 Å². The van der Waals surface area contributed by atoms with Crippen LogP contribution < -0.4 is 0 Å². The molecule has 0 bridgehead atoms. The fourth-order valence-electron chi connectivity index (χ4n) is 1.61. The molecule has 1 aliphatic heterocycles. The third-order valence-electron chi connectivity index (χ3n) is 2.48. The Bertz CT molecular complexity index is 297. The van der Waals surface area contributed by atoms with Gasteiger partial charge in [0.2, 0.25) is 0 Å². The van der Waals surface area contributed by atoms with E-state index in [2.05, 4.69) is 6.58 Å². The van der Waals surface area contributed by atoms with Crippen molar-refractivity contribution in [1.82, 2.24) is 0 Å². The molecule has 0 aliphatic carbocycles. The summed E-state index contributed by atoms with van der Waals surface area (Å²) >= 11 is 0. The van der Waals surface area contributed by atoms with E-state index in [0.717, 1.165) is 0 Å². The van der Waals surface area contributed by atoms with Crippen molar-refractivity contribution in [2.75, 3.05) is 13.2 Å². The highest BCUT2D eigenvalue weighted by molar-refractivity contribution is 5.87. The maximum absolute atomic E-state index is 11.3. The third kappa shape index (κ3) is 4.11. The summed E-state index contributed by atoms with van der Waals surface area (Å²) < 4.78 is 15.6. The smallest absolute Gasteiger partial charge is 0.333 e. The van der Waals surface area contributed by atoms with Crippen LogP contribution in [0.5, 0.6) is 0 Å². The molecule has 2 atom stereocenters. The quantitative estimate of drug-likeness (QED) is 0.577. The fourth-order valence-corrected chi connectivity index (χ4v) is 1.61. The molecule has 98 valence electrons. The molecular formula is C12H20O5. The zero-order valence-electron chi connectivity index (χ0n) is 10.6. The van der Waals surface area contributed by atoms with E-state index in [1.54, 1.807) is 20.8 Å². The number of carbonyl (C=O) groups is 1. The van der Waals surface area contributed by atoms with Crippen LogP contribution in [0.3, 0.4) is 0 Å². The molecule has 0 aromatic heterocycles. The summed E-state index contributed by atoms with van der Waals surface area (Å²) in [5.74, 6) is -1.17. The van der Waals surface area contributed by atoms with E-state index in [0.29, 0.717) is 13.2 Å². The number of aliphatic hydroxyl groups excluding tert-OH is 1. The molecule has 0 radical (unpaired) electrons. The van der Waals surface area contributed by atoms with Gasteiger partial charge in [0.25, 0.3) is 0 Å². The molecule has 1 heterocycles. The van der Waals surface area contributed by atoms with E-state index < -0.39 is 24.0 Å². The highest BCUT2D eigenvalue weighted by Crippen LogP contribution is 2.26. The van der Waals surface area contributed by atoms with Gasteiger partial charge in [0, 0.05) is 12.0 Å². The van der Waals surface area contributed by atoms with Gasteiger partial charge in [-0.2, -0.15) is 0 Å². The molecule has 0 spiro atoms. The molecule has 5 nitrogen and oxygen atoms in total. The summed E-state index contributed by atoms with van der Waals surface area (Å²) in [6, 6.07) is 0. The van der Waals surface area contributed by atoms with Crippen LogP contribution in [0, 0.1) is 0 Å². The molecule has 0 aromatic carbocycles. The van der Waals surface area contributed by atoms with Gasteiger partial charge in [-0.1, -0.05) is 6.58 Å². The first-order valence-corrected chi connectivity index (χ1v) is 5.70. The van der Waals surface area contributed by atoms with Crippen molar-refractivity contribution < 1.29 is 24.1 Å². The van der Waals surface area contributed by atoms with Crippen LogP contribution in [0.15, 0.2) is 12.2 Å². The van der Waals surface area contributed by atoms with Crippen molar-refractivity contribution in [3.8, 4) is 0 Å². The molecule has 0 amide bonds. The summed E-state index contributed by atoms with van der Waals surface area (Å²) in [6.45, 7) is 9.47. The zero-order valence-corrected chi connectivity index (χ0v) is 10.6. The number of ether oxygens (including phenoxy) is 3. The highest BCUT2D eigenvalue weighted by Gasteiger charge is 2.37. The molecule has 1 aliphatic rings. The molecule has 0 unspecified atom stereocenters. The van der Waals surface area contributed by atoms with Crippen LogP contribution in [0.1, 0.15) is 27.2 Å². The van der Waals surface area contributed by atoms with Gasteiger partial charge in [0.05, 0.1) is 19.3 Å². The minimum absolute atomic E-state index is 0.128. The first-order chi connectivity index (χ1) is 7.85. The van der Waals surface area contributed by atoms with Crippen molar-refractivity contribution in [1.29, 1.82) is 0 Å². The molecule has 0 saturated carbocycles. The maximum atomic E-state index is 11.3. The first-order valence-electron chi connectivity index (χ1n) is 5.70. The second-order valence-electron chi connectivity index (χ2n) is 4.46. The van der Waals surface area contributed by atoms with E-state index in [9.17, 15) is 9.90 Å². The Morgan fingerprint density at radius 2 is 2.29 bits per heavy atom. The largest absolute Gasteiger partial charge is 0.463 e.